The Bertz CT molecular complexity index is 688. The van der Waals surface area contributed by atoms with Gasteiger partial charge in [0.2, 0.25) is 0 Å². The van der Waals surface area contributed by atoms with E-state index in [0.717, 1.165) is 11.1 Å². The largest absolute Gasteiger partial charge is 0.497 e. The first-order valence-electron chi connectivity index (χ1n) is 7.40. The van der Waals surface area contributed by atoms with E-state index in [1.807, 2.05) is 24.3 Å². The van der Waals surface area contributed by atoms with Crippen LogP contribution in [-0.2, 0) is 9.53 Å². The highest BCUT2D eigenvalue weighted by Crippen LogP contribution is 2.28. The number of halogens is 1. The molecule has 1 atom stereocenters. The van der Waals surface area contributed by atoms with E-state index in [0.29, 0.717) is 11.3 Å². The summed E-state index contributed by atoms with van der Waals surface area (Å²) in [5, 5.41) is 0. The van der Waals surface area contributed by atoms with Crippen LogP contribution in [-0.4, -0.2) is 19.7 Å². The van der Waals surface area contributed by atoms with Gasteiger partial charge >= 0.3 is 5.97 Å². The Hall–Kier alpha value is -2.40. The SMILES string of the molecule is CCOC(=O)C[C@H](N)c1cc(-c2cccc(OC)c2)ccc1F. The highest BCUT2D eigenvalue weighted by molar-refractivity contribution is 5.71. The lowest BCUT2D eigenvalue weighted by Gasteiger charge is -2.14. The van der Waals surface area contributed by atoms with Crippen LogP contribution in [0, 0.1) is 5.82 Å². The third-order valence-corrected chi connectivity index (χ3v) is 3.49. The lowest BCUT2D eigenvalue weighted by atomic mass is 9.97. The van der Waals surface area contributed by atoms with Gasteiger partial charge in [-0.1, -0.05) is 18.2 Å². The van der Waals surface area contributed by atoms with Gasteiger partial charge in [-0.15, -0.1) is 0 Å². The van der Waals surface area contributed by atoms with E-state index in [9.17, 15) is 9.18 Å². The second-order valence-corrected chi connectivity index (χ2v) is 5.08. The molecule has 0 saturated carbocycles. The highest BCUT2D eigenvalue weighted by Gasteiger charge is 2.17. The van der Waals surface area contributed by atoms with E-state index in [1.165, 1.54) is 6.07 Å². The van der Waals surface area contributed by atoms with Crippen molar-refractivity contribution in [3.8, 4) is 16.9 Å². The second kappa shape index (κ2) is 7.74. The Morgan fingerprint density at radius 2 is 1.96 bits per heavy atom. The molecule has 4 nitrogen and oxygen atoms in total. The summed E-state index contributed by atoms with van der Waals surface area (Å²) in [6.07, 6.45) is -0.0632. The van der Waals surface area contributed by atoms with Crippen molar-refractivity contribution in [2.24, 2.45) is 5.73 Å². The number of benzene rings is 2. The number of nitrogens with two attached hydrogens (primary N) is 1. The minimum Gasteiger partial charge on any atom is -0.497 e. The first kappa shape index (κ1) is 17.0. The summed E-state index contributed by atoms with van der Waals surface area (Å²) in [6.45, 7) is 1.99. The van der Waals surface area contributed by atoms with E-state index in [1.54, 1.807) is 26.2 Å². The first-order valence-corrected chi connectivity index (χ1v) is 7.40. The van der Waals surface area contributed by atoms with Crippen molar-refractivity contribution in [3.63, 3.8) is 0 Å². The van der Waals surface area contributed by atoms with Crippen molar-refractivity contribution < 1.29 is 18.7 Å². The molecule has 122 valence electrons. The van der Waals surface area contributed by atoms with Crippen LogP contribution < -0.4 is 10.5 Å². The molecule has 0 aliphatic rings. The Morgan fingerprint density at radius 1 is 1.22 bits per heavy atom. The first-order chi connectivity index (χ1) is 11.0. The molecule has 0 aliphatic heterocycles. The Morgan fingerprint density at radius 3 is 2.65 bits per heavy atom. The molecule has 0 fully saturated rings. The van der Waals surface area contributed by atoms with Crippen LogP contribution in [0.25, 0.3) is 11.1 Å². The van der Waals surface area contributed by atoms with Gasteiger partial charge in [0.25, 0.3) is 0 Å². The molecule has 2 aromatic carbocycles. The predicted octanol–water partition coefficient (Wildman–Crippen LogP) is 3.45. The lowest BCUT2D eigenvalue weighted by Crippen LogP contribution is -2.18. The number of ether oxygens (including phenoxy) is 2. The molecule has 2 aromatic rings. The van der Waals surface area contributed by atoms with E-state index >= 15 is 0 Å². The van der Waals surface area contributed by atoms with Gasteiger partial charge in [0.05, 0.1) is 20.1 Å². The van der Waals surface area contributed by atoms with Gasteiger partial charge in [-0.2, -0.15) is 0 Å². The molecule has 0 aromatic heterocycles. The van der Waals surface area contributed by atoms with E-state index in [4.69, 9.17) is 15.2 Å². The fraction of sp³-hybridized carbons (Fsp3) is 0.278. The molecular formula is C18H20FNO3. The van der Waals surface area contributed by atoms with Gasteiger partial charge < -0.3 is 15.2 Å². The molecule has 2 N–H and O–H groups in total. The molecule has 5 heteroatoms. The quantitative estimate of drug-likeness (QED) is 0.829. The molecule has 0 unspecified atom stereocenters. The predicted molar refractivity (Wildman–Crippen MR) is 86.6 cm³/mol. The smallest absolute Gasteiger partial charge is 0.307 e. The van der Waals surface area contributed by atoms with Gasteiger partial charge in [-0.3, -0.25) is 4.79 Å². The third kappa shape index (κ3) is 4.29. The number of methoxy groups -OCH3 is 1. The molecule has 0 spiro atoms. The van der Waals surface area contributed by atoms with Gasteiger partial charge in [0, 0.05) is 11.6 Å². The normalized spacial score (nSPS) is 11.8. The van der Waals surface area contributed by atoms with E-state index in [-0.39, 0.29) is 13.0 Å². The average molecular weight is 317 g/mol. The summed E-state index contributed by atoms with van der Waals surface area (Å²) < 4.78 is 24.1. The van der Waals surface area contributed by atoms with Gasteiger partial charge in [0.15, 0.2) is 0 Å². The maximum atomic E-state index is 14.1. The third-order valence-electron chi connectivity index (χ3n) is 3.49. The molecule has 0 aliphatic carbocycles. The fourth-order valence-corrected chi connectivity index (χ4v) is 2.32. The second-order valence-electron chi connectivity index (χ2n) is 5.08. The summed E-state index contributed by atoms with van der Waals surface area (Å²) in [7, 11) is 1.59. The molecule has 23 heavy (non-hydrogen) atoms. The van der Waals surface area contributed by atoms with Crippen LogP contribution in [0.15, 0.2) is 42.5 Å². The van der Waals surface area contributed by atoms with Crippen molar-refractivity contribution in [3.05, 3.63) is 53.8 Å². The molecule has 0 radical (unpaired) electrons. The molecule has 0 heterocycles. The van der Waals surface area contributed by atoms with Crippen LogP contribution in [0.4, 0.5) is 4.39 Å². The summed E-state index contributed by atoms with van der Waals surface area (Å²) in [5.41, 5.74) is 7.94. The van der Waals surface area contributed by atoms with Gasteiger partial charge in [-0.05, 0) is 42.3 Å². The molecule has 0 saturated heterocycles. The lowest BCUT2D eigenvalue weighted by molar-refractivity contribution is -0.143. The Balaban J connectivity index is 2.29. The van der Waals surface area contributed by atoms with Crippen molar-refractivity contribution in [2.75, 3.05) is 13.7 Å². The maximum absolute atomic E-state index is 14.1. The highest BCUT2D eigenvalue weighted by atomic mass is 19.1. The van der Waals surface area contributed by atoms with Crippen LogP contribution in [0.5, 0.6) is 5.75 Å². The molecule has 0 bridgehead atoms. The maximum Gasteiger partial charge on any atom is 0.307 e. The summed E-state index contributed by atoms with van der Waals surface area (Å²) in [6, 6.07) is 11.4. The van der Waals surface area contributed by atoms with Gasteiger partial charge in [0.1, 0.15) is 11.6 Å². The zero-order chi connectivity index (χ0) is 16.8. The van der Waals surface area contributed by atoms with Gasteiger partial charge in [-0.25, -0.2) is 4.39 Å². The topological polar surface area (TPSA) is 61.5 Å². The van der Waals surface area contributed by atoms with Crippen molar-refractivity contribution in [2.45, 2.75) is 19.4 Å². The van der Waals surface area contributed by atoms with E-state index in [2.05, 4.69) is 0 Å². The van der Waals surface area contributed by atoms with E-state index < -0.39 is 17.8 Å². The minimum atomic E-state index is -0.750. The van der Waals surface area contributed by atoms with Crippen LogP contribution in [0.2, 0.25) is 0 Å². The Kier molecular flexibility index (Phi) is 5.71. The number of rotatable bonds is 6. The standard InChI is InChI=1S/C18H20FNO3/c1-3-23-18(21)11-17(20)15-10-13(7-8-16(15)19)12-5-4-6-14(9-12)22-2/h4-10,17H,3,11,20H2,1-2H3/t17-/m0/s1. The number of hydrogen-bond donors (Lipinski definition) is 1. The average Bonchev–Trinajstić information content (AvgIpc) is 2.55. The summed E-state index contributed by atoms with van der Waals surface area (Å²) in [4.78, 5) is 11.5. The number of carbonyl (C=O) groups is 1. The summed E-state index contributed by atoms with van der Waals surface area (Å²) in [5.74, 6) is -0.163. The zero-order valence-electron chi connectivity index (χ0n) is 13.2. The van der Waals surface area contributed by atoms with Crippen LogP contribution >= 0.6 is 0 Å². The number of hydrogen-bond acceptors (Lipinski definition) is 4. The van der Waals surface area contributed by atoms with Crippen molar-refractivity contribution in [1.29, 1.82) is 0 Å². The van der Waals surface area contributed by atoms with Crippen molar-refractivity contribution in [1.82, 2.24) is 0 Å². The van der Waals surface area contributed by atoms with Crippen LogP contribution in [0.1, 0.15) is 24.9 Å². The Labute approximate surface area is 135 Å². The molecule has 0 amide bonds. The number of esters is 1. The monoisotopic (exact) mass is 317 g/mol. The van der Waals surface area contributed by atoms with Crippen LogP contribution in [0.3, 0.4) is 0 Å². The zero-order valence-corrected chi connectivity index (χ0v) is 13.2. The fourth-order valence-electron chi connectivity index (χ4n) is 2.32. The molecule has 2 rings (SSSR count). The number of carbonyl (C=O) groups excluding carboxylic acids is 1. The van der Waals surface area contributed by atoms with Crippen molar-refractivity contribution >= 4 is 5.97 Å². The summed E-state index contributed by atoms with van der Waals surface area (Å²) >= 11 is 0. The minimum absolute atomic E-state index is 0.0632. The molecular weight excluding hydrogens is 297 g/mol.